The van der Waals surface area contributed by atoms with Crippen LogP contribution in [0.15, 0.2) is 36.4 Å². The van der Waals surface area contributed by atoms with Crippen LogP contribution in [0.25, 0.3) is 0 Å². The topological polar surface area (TPSA) is 87.1 Å². The molecule has 0 spiro atoms. The number of carboxylic acids is 1. The first-order valence-corrected chi connectivity index (χ1v) is 9.49. The number of benzene rings is 1. The molecule has 1 aromatic rings. The van der Waals surface area contributed by atoms with Gasteiger partial charge in [0, 0.05) is 25.7 Å². The number of rotatable bonds is 8. The molecule has 1 amide bonds. The lowest BCUT2D eigenvalue weighted by molar-refractivity contribution is -0.137. The van der Waals surface area contributed by atoms with E-state index in [4.69, 9.17) is 9.84 Å². The third-order valence-corrected chi connectivity index (χ3v) is 4.59. The van der Waals surface area contributed by atoms with Crippen molar-refractivity contribution in [1.82, 2.24) is 4.90 Å². The van der Waals surface area contributed by atoms with E-state index < -0.39 is 18.2 Å². The summed E-state index contributed by atoms with van der Waals surface area (Å²) < 4.78 is 5.09. The zero-order valence-corrected chi connectivity index (χ0v) is 16.1. The molecule has 1 fully saturated rings. The summed E-state index contributed by atoms with van der Waals surface area (Å²) in [5.41, 5.74) is 2.22. The minimum Gasteiger partial charge on any atom is -0.481 e. The Labute approximate surface area is 165 Å². The van der Waals surface area contributed by atoms with E-state index in [1.165, 1.54) is 4.90 Å². The van der Waals surface area contributed by atoms with Crippen molar-refractivity contribution in [3.05, 3.63) is 47.5 Å². The van der Waals surface area contributed by atoms with Gasteiger partial charge in [-0.1, -0.05) is 42.3 Å². The van der Waals surface area contributed by atoms with Crippen molar-refractivity contribution in [3.8, 4) is 11.8 Å². The summed E-state index contributed by atoms with van der Waals surface area (Å²) in [5.74, 6) is 4.97. The highest BCUT2D eigenvalue weighted by Gasteiger charge is 2.27. The van der Waals surface area contributed by atoms with Gasteiger partial charge in [-0.2, -0.15) is 0 Å². The second kappa shape index (κ2) is 11.2. The molecule has 150 valence electrons. The number of hydrogen-bond acceptors (Lipinski definition) is 4. The first-order valence-electron chi connectivity index (χ1n) is 9.49. The summed E-state index contributed by atoms with van der Waals surface area (Å²) in [5, 5.41) is 18.9. The minimum absolute atomic E-state index is 0.0879. The van der Waals surface area contributed by atoms with E-state index in [0.717, 1.165) is 11.1 Å². The summed E-state index contributed by atoms with van der Waals surface area (Å²) >= 11 is 0. The number of aliphatic hydroxyl groups excluding tert-OH is 1. The molecule has 6 heteroatoms. The Kier molecular flexibility index (Phi) is 8.57. The number of carboxylic acid groups (broad SMARTS) is 1. The van der Waals surface area contributed by atoms with Gasteiger partial charge in [0.05, 0.1) is 25.3 Å². The average molecular weight is 385 g/mol. The van der Waals surface area contributed by atoms with Crippen molar-refractivity contribution in [2.24, 2.45) is 0 Å². The zero-order chi connectivity index (χ0) is 20.4. The van der Waals surface area contributed by atoms with Crippen molar-refractivity contribution in [1.29, 1.82) is 0 Å². The molecule has 2 atom stereocenters. The number of hydrogen-bond donors (Lipinski definition) is 2. The van der Waals surface area contributed by atoms with Crippen LogP contribution in [0.1, 0.15) is 36.8 Å². The molecule has 1 aromatic carbocycles. The number of carbonyl (C=O) groups excluding carboxylic acids is 1. The lowest BCUT2D eigenvalue weighted by Gasteiger charge is -2.31. The largest absolute Gasteiger partial charge is 0.481 e. The molecule has 0 radical (unpaired) electrons. The number of aliphatic carboxylic acids is 1. The lowest BCUT2D eigenvalue weighted by Crippen LogP contribution is -2.44. The molecule has 1 aliphatic rings. The third kappa shape index (κ3) is 7.09. The maximum atomic E-state index is 12.1. The van der Waals surface area contributed by atoms with Crippen LogP contribution in [0.4, 0.5) is 4.79 Å². The van der Waals surface area contributed by atoms with E-state index in [9.17, 15) is 14.7 Å². The molecule has 0 saturated carbocycles. The van der Waals surface area contributed by atoms with E-state index in [-0.39, 0.29) is 19.0 Å². The monoisotopic (exact) mass is 385 g/mol. The molecule has 1 saturated heterocycles. The summed E-state index contributed by atoms with van der Waals surface area (Å²) in [6.07, 6.45) is 4.72. The van der Waals surface area contributed by atoms with Crippen LogP contribution >= 0.6 is 0 Å². The van der Waals surface area contributed by atoms with Gasteiger partial charge < -0.3 is 14.9 Å². The highest BCUT2D eigenvalue weighted by atomic mass is 16.6. The molecule has 2 rings (SSSR count). The Bertz CT molecular complexity index is 762. The molecule has 6 nitrogen and oxygen atoms in total. The van der Waals surface area contributed by atoms with Crippen LogP contribution < -0.4 is 0 Å². The van der Waals surface area contributed by atoms with Crippen LogP contribution in [0, 0.1) is 18.8 Å². The SMILES string of the molecule is Cc1ccccc1CC(O)/C=C/[C@H]1CCOC(=O)N1CC#CCCCC(=O)O. The van der Waals surface area contributed by atoms with Crippen molar-refractivity contribution >= 4 is 12.1 Å². The van der Waals surface area contributed by atoms with E-state index in [2.05, 4.69) is 11.8 Å². The first kappa shape index (κ1) is 21.5. The number of carbonyl (C=O) groups is 2. The van der Waals surface area contributed by atoms with Crippen molar-refractivity contribution in [3.63, 3.8) is 0 Å². The predicted octanol–water partition coefficient (Wildman–Crippen LogP) is 2.92. The lowest BCUT2D eigenvalue weighted by atomic mass is 10.0. The molecule has 28 heavy (non-hydrogen) atoms. The molecular weight excluding hydrogens is 358 g/mol. The van der Waals surface area contributed by atoms with E-state index in [1.807, 2.05) is 37.3 Å². The molecule has 1 aliphatic heterocycles. The molecule has 0 bridgehead atoms. The average Bonchev–Trinajstić information content (AvgIpc) is 2.66. The van der Waals surface area contributed by atoms with Crippen LogP contribution in [0.3, 0.4) is 0 Å². The number of cyclic esters (lactones) is 1. The first-order chi connectivity index (χ1) is 13.5. The number of ether oxygens (including phenoxy) is 1. The second-order valence-corrected chi connectivity index (χ2v) is 6.78. The quantitative estimate of drug-likeness (QED) is 0.408. The molecule has 0 aliphatic carbocycles. The van der Waals surface area contributed by atoms with Gasteiger partial charge in [-0.3, -0.25) is 9.69 Å². The Morgan fingerprint density at radius 1 is 1.39 bits per heavy atom. The summed E-state index contributed by atoms with van der Waals surface area (Å²) in [4.78, 5) is 24.1. The zero-order valence-electron chi connectivity index (χ0n) is 16.1. The Balaban J connectivity index is 1.90. The highest BCUT2D eigenvalue weighted by molar-refractivity contribution is 5.69. The third-order valence-electron chi connectivity index (χ3n) is 4.59. The molecular formula is C22H27NO5. The second-order valence-electron chi connectivity index (χ2n) is 6.78. The van der Waals surface area contributed by atoms with Gasteiger partial charge in [0.2, 0.25) is 0 Å². The maximum Gasteiger partial charge on any atom is 0.411 e. The predicted molar refractivity (Wildman–Crippen MR) is 106 cm³/mol. The van der Waals surface area contributed by atoms with Gasteiger partial charge in [-0.25, -0.2) is 4.79 Å². The molecule has 1 unspecified atom stereocenters. The van der Waals surface area contributed by atoms with Crippen molar-refractivity contribution in [2.45, 2.75) is 51.2 Å². The van der Waals surface area contributed by atoms with Gasteiger partial charge in [0.15, 0.2) is 0 Å². The summed E-state index contributed by atoms with van der Waals surface area (Å²) in [6, 6.07) is 7.75. The van der Waals surface area contributed by atoms with Crippen LogP contribution in [0.5, 0.6) is 0 Å². The fraction of sp³-hybridized carbons (Fsp3) is 0.455. The van der Waals surface area contributed by atoms with E-state index in [0.29, 0.717) is 32.3 Å². The van der Waals surface area contributed by atoms with Crippen LogP contribution in [-0.4, -0.2) is 52.5 Å². The number of nitrogens with zero attached hydrogens (tertiary/aromatic N) is 1. The number of aliphatic hydroxyl groups is 1. The van der Waals surface area contributed by atoms with Crippen LogP contribution in [0.2, 0.25) is 0 Å². The number of aryl methyl sites for hydroxylation is 1. The van der Waals surface area contributed by atoms with Crippen LogP contribution in [-0.2, 0) is 16.0 Å². The minimum atomic E-state index is -0.837. The Hall–Kier alpha value is -2.78. The fourth-order valence-corrected chi connectivity index (χ4v) is 2.97. The van der Waals surface area contributed by atoms with Crippen molar-refractivity contribution in [2.75, 3.05) is 13.2 Å². The number of unbranched alkanes of at least 4 members (excludes halogenated alkanes) is 1. The van der Waals surface area contributed by atoms with Crippen molar-refractivity contribution < 1.29 is 24.5 Å². The van der Waals surface area contributed by atoms with E-state index >= 15 is 0 Å². The summed E-state index contributed by atoms with van der Waals surface area (Å²) in [6.45, 7) is 2.57. The Morgan fingerprint density at radius 2 is 2.18 bits per heavy atom. The maximum absolute atomic E-state index is 12.1. The van der Waals surface area contributed by atoms with Gasteiger partial charge >= 0.3 is 12.1 Å². The smallest absolute Gasteiger partial charge is 0.411 e. The van der Waals surface area contributed by atoms with Gasteiger partial charge in [-0.05, 0) is 24.5 Å². The Morgan fingerprint density at radius 3 is 2.93 bits per heavy atom. The van der Waals surface area contributed by atoms with Gasteiger partial charge in [0.25, 0.3) is 0 Å². The highest BCUT2D eigenvalue weighted by Crippen LogP contribution is 2.16. The van der Waals surface area contributed by atoms with E-state index in [1.54, 1.807) is 6.08 Å². The normalized spacial score (nSPS) is 17.7. The fourth-order valence-electron chi connectivity index (χ4n) is 2.97. The molecule has 2 N–H and O–H groups in total. The standard InChI is InChI=1S/C22H27NO5/c1-17-8-5-6-9-18(17)16-20(24)12-11-19-13-15-28-22(27)23(19)14-7-3-2-4-10-21(25)26/h5-6,8-9,11-12,19-20,24H,2,4,10,13-16H2,1H3,(H,25,26)/b12-11+/t19-,20?/m0/s1. The van der Waals surface area contributed by atoms with Gasteiger partial charge in [0.1, 0.15) is 0 Å². The molecule has 0 aromatic heterocycles. The molecule has 1 heterocycles. The summed E-state index contributed by atoms with van der Waals surface area (Å²) in [7, 11) is 0. The van der Waals surface area contributed by atoms with Gasteiger partial charge in [-0.15, -0.1) is 5.92 Å². The number of amides is 1.